The first-order valence-corrected chi connectivity index (χ1v) is 41.9. The van der Waals surface area contributed by atoms with Crippen molar-refractivity contribution in [2.75, 3.05) is 13.2 Å². The lowest BCUT2D eigenvalue weighted by Crippen LogP contribution is -2.60. The third kappa shape index (κ3) is 60.1. The minimum Gasteiger partial charge on any atom is -0.394 e. The first-order chi connectivity index (χ1) is 45.3. The molecule has 1 heterocycles. The van der Waals surface area contributed by atoms with Crippen LogP contribution in [0.25, 0.3) is 0 Å². The summed E-state index contributed by atoms with van der Waals surface area (Å²) in [6.45, 7) is 3.86. The molecule has 1 aliphatic heterocycles. The number of rotatable bonds is 76. The summed E-state index contributed by atoms with van der Waals surface area (Å²) < 4.78 is 11.4. The maximum absolute atomic E-state index is 13.2. The van der Waals surface area contributed by atoms with Gasteiger partial charge in [0.15, 0.2) is 6.29 Å². The van der Waals surface area contributed by atoms with Crippen LogP contribution in [0.5, 0.6) is 0 Å². The lowest BCUT2D eigenvalue weighted by Gasteiger charge is -2.40. The van der Waals surface area contributed by atoms with Crippen molar-refractivity contribution in [1.29, 1.82) is 0 Å². The topological polar surface area (TPSA) is 149 Å². The van der Waals surface area contributed by atoms with Crippen molar-refractivity contribution in [2.24, 2.45) is 0 Å². The molecule has 6 N–H and O–H groups in total. The molecular weight excluding hydrogens is 1140 g/mol. The van der Waals surface area contributed by atoms with Crippen LogP contribution in [-0.2, 0) is 14.3 Å². The van der Waals surface area contributed by atoms with E-state index >= 15 is 0 Å². The van der Waals surface area contributed by atoms with Gasteiger partial charge in [-0.15, -0.1) is 0 Å². The smallest absolute Gasteiger partial charge is 0.220 e. The second kappa shape index (κ2) is 72.7. The lowest BCUT2D eigenvalue weighted by molar-refractivity contribution is -0.302. The lowest BCUT2D eigenvalue weighted by atomic mass is 9.99. The quantitative estimate of drug-likeness (QED) is 0.0261. The van der Waals surface area contributed by atoms with E-state index in [9.17, 15) is 30.3 Å². The largest absolute Gasteiger partial charge is 0.394 e. The summed E-state index contributed by atoms with van der Waals surface area (Å²) in [5.74, 6) is -0.165. The van der Waals surface area contributed by atoms with Crippen molar-refractivity contribution >= 4 is 5.91 Å². The van der Waals surface area contributed by atoms with Gasteiger partial charge in [0.1, 0.15) is 24.4 Å². The van der Waals surface area contributed by atoms with E-state index in [1.807, 2.05) is 6.08 Å². The molecule has 1 saturated heterocycles. The van der Waals surface area contributed by atoms with E-state index in [0.29, 0.717) is 6.42 Å². The molecule has 7 atom stereocenters. The number of nitrogens with one attached hydrogen (secondary N) is 1. The second-order valence-electron chi connectivity index (χ2n) is 29.6. The van der Waals surface area contributed by atoms with E-state index in [1.165, 1.54) is 398 Å². The second-order valence-corrected chi connectivity index (χ2v) is 29.6. The van der Waals surface area contributed by atoms with Crippen LogP contribution in [-0.4, -0.2) is 87.5 Å². The fourth-order valence-electron chi connectivity index (χ4n) is 14.1. The van der Waals surface area contributed by atoms with E-state index in [2.05, 4.69) is 19.2 Å². The van der Waals surface area contributed by atoms with Gasteiger partial charge in [-0.05, 0) is 19.3 Å². The van der Waals surface area contributed by atoms with Crippen molar-refractivity contribution in [3.05, 3.63) is 12.2 Å². The first-order valence-electron chi connectivity index (χ1n) is 41.9. The molecule has 1 fully saturated rings. The van der Waals surface area contributed by atoms with E-state index in [0.717, 1.165) is 38.5 Å². The summed E-state index contributed by atoms with van der Waals surface area (Å²) in [4.78, 5) is 13.2. The van der Waals surface area contributed by atoms with Gasteiger partial charge < -0.3 is 40.3 Å². The van der Waals surface area contributed by atoms with Gasteiger partial charge in [0, 0.05) is 6.42 Å². The molecule has 548 valence electrons. The Hall–Kier alpha value is -1.07. The molecule has 0 aromatic heterocycles. The molecule has 1 amide bonds. The van der Waals surface area contributed by atoms with Crippen LogP contribution < -0.4 is 5.32 Å². The minimum absolute atomic E-state index is 0.165. The summed E-state index contributed by atoms with van der Waals surface area (Å²) in [5, 5.41) is 55.0. The summed E-state index contributed by atoms with van der Waals surface area (Å²) in [6.07, 6.45) is 89.6. The normalized spacial score (nSPS) is 17.6. The zero-order valence-electron chi connectivity index (χ0n) is 61.9. The van der Waals surface area contributed by atoms with Crippen molar-refractivity contribution in [3.8, 4) is 0 Å². The number of ether oxygens (including phenoxy) is 2. The molecule has 0 aromatic rings. The molecule has 7 unspecified atom stereocenters. The highest BCUT2D eigenvalue weighted by Crippen LogP contribution is 2.24. The van der Waals surface area contributed by atoms with Crippen LogP contribution in [0.15, 0.2) is 12.2 Å². The third-order valence-electron chi connectivity index (χ3n) is 20.6. The van der Waals surface area contributed by atoms with Gasteiger partial charge in [-0.1, -0.05) is 443 Å². The Kier molecular flexibility index (Phi) is 70.3. The Balaban J connectivity index is 2.03. The zero-order valence-corrected chi connectivity index (χ0v) is 61.9. The molecule has 0 aliphatic carbocycles. The number of carbonyl (C=O) groups excluding carboxylic acids is 1. The number of hydrogen-bond acceptors (Lipinski definition) is 8. The highest BCUT2D eigenvalue weighted by atomic mass is 16.7. The van der Waals surface area contributed by atoms with Gasteiger partial charge in [0.25, 0.3) is 0 Å². The third-order valence-corrected chi connectivity index (χ3v) is 20.6. The monoisotopic (exact) mass is 1300 g/mol. The highest BCUT2D eigenvalue weighted by molar-refractivity contribution is 5.76. The number of unbranched alkanes of at least 4 members (excludes halogenated alkanes) is 66. The van der Waals surface area contributed by atoms with Gasteiger partial charge in [-0.3, -0.25) is 4.79 Å². The first kappa shape index (κ1) is 88.9. The van der Waals surface area contributed by atoms with E-state index in [-0.39, 0.29) is 12.5 Å². The molecule has 1 aliphatic rings. The number of aliphatic hydroxyl groups is 5. The van der Waals surface area contributed by atoms with E-state index < -0.39 is 49.5 Å². The van der Waals surface area contributed by atoms with Crippen LogP contribution in [0.1, 0.15) is 457 Å². The summed E-state index contributed by atoms with van der Waals surface area (Å²) in [7, 11) is 0. The molecule has 0 saturated carbocycles. The summed E-state index contributed by atoms with van der Waals surface area (Å²) in [5.41, 5.74) is 0. The Morgan fingerprint density at radius 3 is 0.848 bits per heavy atom. The zero-order chi connectivity index (χ0) is 66.4. The maximum Gasteiger partial charge on any atom is 0.220 e. The van der Waals surface area contributed by atoms with E-state index in [4.69, 9.17) is 9.47 Å². The molecule has 0 bridgehead atoms. The van der Waals surface area contributed by atoms with Gasteiger partial charge in [0.2, 0.25) is 5.91 Å². The Bertz CT molecular complexity index is 1460. The van der Waals surface area contributed by atoms with Gasteiger partial charge in [-0.25, -0.2) is 0 Å². The van der Waals surface area contributed by atoms with Crippen LogP contribution >= 0.6 is 0 Å². The van der Waals surface area contributed by atoms with Crippen LogP contribution in [0, 0.1) is 0 Å². The van der Waals surface area contributed by atoms with Crippen LogP contribution in [0.4, 0.5) is 0 Å². The van der Waals surface area contributed by atoms with E-state index in [1.54, 1.807) is 6.08 Å². The fourth-order valence-corrected chi connectivity index (χ4v) is 14.1. The predicted octanol–water partition coefficient (Wildman–Crippen LogP) is 24.2. The number of aliphatic hydroxyl groups excluding tert-OH is 5. The van der Waals surface area contributed by atoms with Gasteiger partial charge in [-0.2, -0.15) is 0 Å². The highest BCUT2D eigenvalue weighted by Gasteiger charge is 2.44. The molecule has 92 heavy (non-hydrogen) atoms. The Morgan fingerprint density at radius 1 is 0.359 bits per heavy atom. The maximum atomic E-state index is 13.2. The fraction of sp³-hybridized carbons (Fsp3) is 0.964. The number of hydrogen-bond donors (Lipinski definition) is 6. The number of allylic oxidation sites excluding steroid dienone is 1. The standard InChI is InChI=1S/C83H163NO8/c1-3-5-7-9-11-13-15-17-19-21-23-25-27-29-31-33-35-37-38-39-40-41-43-45-47-49-51-53-55-57-59-61-63-65-67-69-71-73-79(87)84-76(75-91-83-82(90)81(89)80(88)78(74-85)92-83)77(86)72-70-68-66-64-62-60-58-56-54-52-50-48-46-44-42-36-34-32-30-28-26-24-22-20-18-16-14-12-10-8-6-4-2/h70,72,76-78,80-83,85-86,88-90H,3-69,71,73-75H2,1-2H3,(H,84,87)/b72-70+. The molecule has 0 spiro atoms. The predicted molar refractivity (Wildman–Crippen MR) is 397 cm³/mol. The van der Waals surface area contributed by atoms with Crippen molar-refractivity contribution in [1.82, 2.24) is 5.32 Å². The number of carbonyl (C=O) groups is 1. The SMILES string of the molecule is CCCCCCCCCCCCCCCCCCCCCCCCCCCCCCCC/C=C/C(O)C(COC1OC(CO)C(O)C(O)C1O)NC(=O)CCCCCCCCCCCCCCCCCCCCCCCCCCCCCCCCCCCCCCC. The average Bonchev–Trinajstić information content (AvgIpc) is 1.44. The number of amides is 1. The van der Waals surface area contributed by atoms with Crippen molar-refractivity contribution in [2.45, 2.75) is 500 Å². The van der Waals surface area contributed by atoms with Gasteiger partial charge in [0.05, 0.1) is 25.4 Å². The molecule has 1 rings (SSSR count). The average molecular weight is 1300 g/mol. The van der Waals surface area contributed by atoms with Crippen LogP contribution in [0.3, 0.4) is 0 Å². The van der Waals surface area contributed by atoms with Crippen LogP contribution in [0.2, 0.25) is 0 Å². The molecular formula is C83H163NO8. The van der Waals surface area contributed by atoms with Crippen molar-refractivity contribution in [3.63, 3.8) is 0 Å². The molecule has 9 heteroatoms. The summed E-state index contributed by atoms with van der Waals surface area (Å²) >= 11 is 0. The van der Waals surface area contributed by atoms with Gasteiger partial charge >= 0.3 is 0 Å². The Morgan fingerprint density at radius 2 is 0.598 bits per heavy atom. The molecule has 9 nitrogen and oxygen atoms in total. The Labute approximate surface area is 573 Å². The molecule has 0 aromatic carbocycles. The summed E-state index contributed by atoms with van der Waals surface area (Å²) in [6, 6.07) is -0.803. The minimum atomic E-state index is -1.57. The van der Waals surface area contributed by atoms with Crippen molar-refractivity contribution < 1.29 is 39.8 Å². The molecule has 0 radical (unpaired) electrons.